The number of quaternary nitrogens is 1. The average Bonchev–Trinajstić information content (AvgIpc) is 2.74. The number of anilines is 2. The molecule has 0 aliphatic heterocycles. The second-order valence-corrected chi connectivity index (χ2v) is 7.76. The summed E-state index contributed by atoms with van der Waals surface area (Å²) in [6.45, 7) is 0.679. The lowest BCUT2D eigenvalue weighted by Crippen LogP contribution is -2.72. The predicted octanol–water partition coefficient (Wildman–Crippen LogP) is 2.71. The average molecular weight is 451 g/mol. The van der Waals surface area contributed by atoms with E-state index < -0.39 is 0 Å². The van der Waals surface area contributed by atoms with Crippen LogP contribution in [0.15, 0.2) is 67.0 Å². The number of nitrogen functional groups attached to an aromatic ring is 1. The summed E-state index contributed by atoms with van der Waals surface area (Å²) in [6, 6.07) is 14.3. The maximum Gasteiger partial charge on any atom is 0.248 e. The van der Waals surface area contributed by atoms with Crippen LogP contribution in [-0.4, -0.2) is 47.1 Å². The molecule has 1 heterocycles. The van der Waals surface area contributed by atoms with Crippen molar-refractivity contribution in [3.05, 3.63) is 83.2 Å². The van der Waals surface area contributed by atoms with Gasteiger partial charge in [0, 0.05) is 35.0 Å². The van der Waals surface area contributed by atoms with Crippen molar-refractivity contribution < 1.29 is 10.1 Å². The van der Waals surface area contributed by atoms with E-state index in [-0.39, 0.29) is 17.4 Å². The molecule has 3 aromatic rings. The van der Waals surface area contributed by atoms with Gasteiger partial charge in [0.05, 0.1) is 5.71 Å². The molecule has 8 nitrogen and oxygen atoms in total. The summed E-state index contributed by atoms with van der Waals surface area (Å²) in [6.07, 6.45) is 4.66. The number of hydrogen-bond donors (Lipinski definition) is 4. The van der Waals surface area contributed by atoms with Crippen molar-refractivity contribution in [3.63, 3.8) is 0 Å². The molecule has 0 radical (unpaired) electrons. The van der Waals surface area contributed by atoms with Gasteiger partial charge in [-0.1, -0.05) is 35.9 Å². The zero-order valence-corrected chi connectivity index (χ0v) is 18.6. The molecule has 0 atom stereocenters. The summed E-state index contributed by atoms with van der Waals surface area (Å²) in [5, 5.41) is 13.9. The van der Waals surface area contributed by atoms with Crippen LogP contribution < -0.4 is 16.4 Å². The van der Waals surface area contributed by atoms with Gasteiger partial charge < -0.3 is 16.0 Å². The van der Waals surface area contributed by atoms with Gasteiger partial charge >= 0.3 is 0 Å². The lowest BCUT2D eigenvalue weighted by molar-refractivity contribution is -0.483. The molecule has 32 heavy (non-hydrogen) atoms. The van der Waals surface area contributed by atoms with Gasteiger partial charge in [-0.25, -0.2) is 4.98 Å². The van der Waals surface area contributed by atoms with Crippen molar-refractivity contribution in [2.24, 2.45) is 0 Å². The van der Waals surface area contributed by atoms with Crippen LogP contribution >= 0.6 is 11.6 Å². The van der Waals surface area contributed by atoms with E-state index in [1.807, 2.05) is 37.2 Å². The van der Waals surface area contributed by atoms with Crippen LogP contribution in [-0.2, 0) is 4.79 Å². The number of hydrogen-bond acceptors (Lipinski definition) is 6. The first-order valence-electron chi connectivity index (χ1n) is 9.86. The first kappa shape index (κ1) is 23.1. The minimum Gasteiger partial charge on any atom is -0.383 e. The fourth-order valence-corrected chi connectivity index (χ4v) is 3.08. The summed E-state index contributed by atoms with van der Waals surface area (Å²) >= 11 is 5.96. The molecular formula is C23H25ClN7O+. The smallest absolute Gasteiger partial charge is 0.248 e. The van der Waals surface area contributed by atoms with E-state index in [2.05, 4.69) is 15.3 Å². The van der Waals surface area contributed by atoms with Crippen molar-refractivity contribution in [3.8, 4) is 0 Å². The number of benzene rings is 2. The Balaban J connectivity index is 1.81. The SMILES string of the molecule is CN(C)C/C=C/C(=O)Nc1cccc([NH2+]c2ncnc(N)c2C(=N)c2ccc(Cl)cc2)c1. The monoisotopic (exact) mass is 450 g/mol. The van der Waals surface area contributed by atoms with Crippen LogP contribution in [0.25, 0.3) is 0 Å². The quantitative estimate of drug-likeness (QED) is 0.238. The van der Waals surface area contributed by atoms with Crippen LogP contribution in [0.4, 0.5) is 23.0 Å². The molecule has 1 aromatic heterocycles. The number of carbonyl (C=O) groups is 1. The van der Waals surface area contributed by atoms with E-state index in [0.29, 0.717) is 34.2 Å². The zero-order chi connectivity index (χ0) is 23.1. The number of nitrogens with zero attached hydrogens (tertiary/aromatic N) is 3. The number of amides is 1. The Kier molecular flexibility index (Phi) is 7.67. The lowest BCUT2D eigenvalue weighted by atomic mass is 10.0. The van der Waals surface area contributed by atoms with Crippen LogP contribution in [0.1, 0.15) is 11.1 Å². The molecule has 0 saturated heterocycles. The van der Waals surface area contributed by atoms with Crippen molar-refractivity contribution in [1.29, 1.82) is 5.41 Å². The normalized spacial score (nSPS) is 11.1. The Labute approximate surface area is 191 Å². The molecule has 0 aliphatic carbocycles. The molecular weight excluding hydrogens is 426 g/mol. The molecule has 0 bridgehead atoms. The first-order valence-corrected chi connectivity index (χ1v) is 10.2. The summed E-state index contributed by atoms with van der Waals surface area (Å²) in [7, 11) is 3.87. The number of nitrogens with one attached hydrogen (secondary N) is 2. The van der Waals surface area contributed by atoms with Crippen molar-refractivity contribution in [2.75, 3.05) is 31.7 Å². The number of carbonyl (C=O) groups excluding carboxylic acids is 1. The molecule has 2 aromatic carbocycles. The van der Waals surface area contributed by atoms with E-state index >= 15 is 0 Å². The molecule has 0 aliphatic rings. The van der Waals surface area contributed by atoms with Crippen LogP contribution in [0.3, 0.4) is 0 Å². The third-order valence-electron chi connectivity index (χ3n) is 4.49. The molecule has 3 rings (SSSR count). The standard InChI is InChI=1S/C23H24ClN7O/c1-31(2)12-4-7-19(32)29-17-5-3-6-18(13-17)30-23-20(22(26)27-14-28-23)21(25)15-8-10-16(24)11-9-15/h3-11,13-14,25H,12H2,1-2H3,(H,29,32)(H3,26,27,28,30)/p+1/b7-4+,25-21?. The number of rotatable bonds is 8. The van der Waals surface area contributed by atoms with E-state index in [1.165, 1.54) is 12.4 Å². The van der Waals surface area contributed by atoms with Crippen LogP contribution in [0.5, 0.6) is 0 Å². The van der Waals surface area contributed by atoms with Gasteiger partial charge in [0.2, 0.25) is 11.7 Å². The van der Waals surface area contributed by atoms with Gasteiger partial charge in [-0.2, -0.15) is 4.98 Å². The Morgan fingerprint density at radius 2 is 1.97 bits per heavy atom. The molecule has 0 unspecified atom stereocenters. The molecule has 0 saturated carbocycles. The van der Waals surface area contributed by atoms with Crippen LogP contribution in [0, 0.1) is 5.41 Å². The molecule has 0 fully saturated rings. The minimum absolute atomic E-state index is 0.196. The minimum atomic E-state index is -0.208. The topological polar surface area (TPSA) is 125 Å². The highest BCUT2D eigenvalue weighted by Crippen LogP contribution is 2.21. The second-order valence-electron chi connectivity index (χ2n) is 7.32. The molecule has 164 valence electrons. The number of aromatic nitrogens is 2. The third-order valence-corrected chi connectivity index (χ3v) is 4.74. The zero-order valence-electron chi connectivity index (χ0n) is 17.8. The van der Waals surface area contributed by atoms with Gasteiger partial charge in [-0.05, 0) is 38.4 Å². The third kappa shape index (κ3) is 6.21. The van der Waals surface area contributed by atoms with Gasteiger partial charge in [-0.15, -0.1) is 0 Å². The largest absolute Gasteiger partial charge is 0.383 e. The Hall–Kier alpha value is -3.59. The highest BCUT2D eigenvalue weighted by molar-refractivity contribution is 6.30. The molecule has 6 N–H and O–H groups in total. The number of halogens is 1. The van der Waals surface area contributed by atoms with Crippen molar-refractivity contribution >= 4 is 46.2 Å². The maximum absolute atomic E-state index is 12.1. The Bertz CT molecular complexity index is 1140. The summed E-state index contributed by atoms with van der Waals surface area (Å²) in [4.78, 5) is 22.5. The van der Waals surface area contributed by atoms with Gasteiger partial charge in [-0.3, -0.25) is 15.5 Å². The van der Waals surface area contributed by atoms with E-state index in [1.54, 1.807) is 41.7 Å². The van der Waals surface area contributed by atoms with Gasteiger partial charge in [0.25, 0.3) is 0 Å². The van der Waals surface area contributed by atoms with Gasteiger partial charge in [0.1, 0.15) is 23.4 Å². The van der Waals surface area contributed by atoms with E-state index in [9.17, 15) is 4.79 Å². The molecule has 1 amide bonds. The first-order chi connectivity index (χ1) is 15.3. The second kappa shape index (κ2) is 10.6. The Morgan fingerprint density at radius 3 is 2.69 bits per heavy atom. The summed E-state index contributed by atoms with van der Waals surface area (Å²) in [5.41, 5.74) is 8.81. The van der Waals surface area contributed by atoms with E-state index in [4.69, 9.17) is 22.7 Å². The number of nitrogens with two attached hydrogens (primary N) is 2. The fourth-order valence-electron chi connectivity index (χ4n) is 2.96. The van der Waals surface area contributed by atoms with E-state index in [0.717, 1.165) is 5.69 Å². The van der Waals surface area contributed by atoms with Gasteiger partial charge in [0.15, 0.2) is 0 Å². The summed E-state index contributed by atoms with van der Waals surface area (Å²) in [5.74, 6) is 0.508. The highest BCUT2D eigenvalue weighted by Gasteiger charge is 2.20. The highest BCUT2D eigenvalue weighted by atomic mass is 35.5. The number of likely N-dealkylation sites (N-methyl/N-ethyl adjacent to an activating group) is 1. The fraction of sp³-hybridized carbons (Fsp3) is 0.130. The van der Waals surface area contributed by atoms with Crippen molar-refractivity contribution in [2.45, 2.75) is 0 Å². The van der Waals surface area contributed by atoms with Crippen LogP contribution in [0.2, 0.25) is 5.02 Å². The Morgan fingerprint density at radius 1 is 1.22 bits per heavy atom. The lowest BCUT2D eigenvalue weighted by Gasteiger charge is -2.10. The molecule has 0 spiro atoms. The summed E-state index contributed by atoms with van der Waals surface area (Å²) < 4.78 is 0. The predicted molar refractivity (Wildman–Crippen MR) is 128 cm³/mol. The maximum atomic E-state index is 12.1. The molecule has 9 heteroatoms. The van der Waals surface area contributed by atoms with Crippen molar-refractivity contribution in [1.82, 2.24) is 14.9 Å².